The number of hydrogen-bond acceptors (Lipinski definition) is 5. The number of benzene rings is 3. The van der Waals surface area contributed by atoms with E-state index in [4.69, 9.17) is 37.3 Å². The van der Waals surface area contributed by atoms with Crippen molar-refractivity contribution in [2.75, 3.05) is 6.54 Å². The van der Waals surface area contributed by atoms with Crippen molar-refractivity contribution in [1.82, 2.24) is 4.90 Å². The molecule has 2 aliphatic heterocycles. The maximum Gasteiger partial charge on any atom is 0.198 e. The highest BCUT2D eigenvalue weighted by molar-refractivity contribution is 6.30. The van der Waals surface area contributed by atoms with Crippen LogP contribution in [0.15, 0.2) is 70.8 Å². The fourth-order valence-electron chi connectivity index (χ4n) is 4.88. The molecule has 2 heterocycles. The summed E-state index contributed by atoms with van der Waals surface area (Å²) in [6.07, 6.45) is 1.65. The smallest absolute Gasteiger partial charge is 0.198 e. The lowest BCUT2D eigenvalue weighted by atomic mass is 10.1. The number of fused-ring (bicyclic) bond motifs is 4. The monoisotopic (exact) mass is 459 g/mol. The first kappa shape index (κ1) is 20.1. The number of nitrogens with one attached hydrogen (secondary N) is 1. The molecule has 2 atom stereocenters. The molecule has 1 saturated carbocycles. The predicted octanol–water partition coefficient (Wildman–Crippen LogP) is 4.32. The Kier molecular flexibility index (Phi) is 4.55. The third kappa shape index (κ3) is 3.31. The first-order chi connectivity index (χ1) is 16.0. The average molecular weight is 460 g/mol. The molecule has 3 N–H and O–H groups in total. The Labute approximate surface area is 195 Å². The Morgan fingerprint density at radius 1 is 1.15 bits per heavy atom. The number of oxime groups is 1. The van der Waals surface area contributed by atoms with Gasteiger partial charge in [-0.15, -0.1) is 0 Å². The molecule has 33 heavy (non-hydrogen) atoms. The summed E-state index contributed by atoms with van der Waals surface area (Å²) in [7, 11) is 0. The normalized spacial score (nSPS) is 23.1. The molecule has 0 bridgehead atoms. The highest BCUT2D eigenvalue weighted by Crippen LogP contribution is 2.50. The Morgan fingerprint density at radius 3 is 2.76 bits per heavy atom. The zero-order valence-electron chi connectivity index (χ0n) is 17.8. The second-order valence-corrected chi connectivity index (χ2v) is 9.04. The van der Waals surface area contributed by atoms with Crippen molar-refractivity contribution >= 4 is 39.9 Å². The van der Waals surface area contributed by atoms with E-state index in [1.54, 1.807) is 0 Å². The quantitative estimate of drug-likeness (QED) is 0.448. The van der Waals surface area contributed by atoms with Crippen molar-refractivity contribution in [2.45, 2.75) is 31.1 Å². The number of nitrogens with zero attached hydrogens (tertiary/aromatic N) is 3. The topological polar surface area (TPSA) is 96.3 Å². The van der Waals surface area contributed by atoms with Crippen molar-refractivity contribution in [3.8, 4) is 5.75 Å². The maximum absolute atomic E-state index is 7.89. The lowest BCUT2D eigenvalue weighted by Gasteiger charge is -2.23. The Balaban J connectivity index is 1.21. The number of rotatable bonds is 4. The van der Waals surface area contributed by atoms with Crippen molar-refractivity contribution in [1.29, 1.82) is 5.41 Å². The summed E-state index contributed by atoms with van der Waals surface area (Å²) < 4.78 is 5.95. The Hall–Kier alpha value is -3.58. The number of ether oxygens (including phenoxy) is 1. The molecule has 0 radical (unpaired) electrons. The minimum absolute atomic E-state index is 0.0644. The van der Waals surface area contributed by atoms with E-state index in [0.717, 1.165) is 52.7 Å². The summed E-state index contributed by atoms with van der Waals surface area (Å²) >= 11 is 5.94. The standard InChI is InChI=1S/C25H22ClN5O2/c26-19-7-2-15(3-8-19)14-32-20-9-6-16-12-18(5-4-17(16)13-20)23-29-21-22(33-30-23)25(21)10-1-11-31(25)24(27)28/h2-9,12-13,22H,1,10-11,14H2,(H3,27,28). The molecule has 0 amide bonds. The van der Waals surface area contributed by atoms with E-state index >= 15 is 0 Å². The van der Waals surface area contributed by atoms with Gasteiger partial charge in [0, 0.05) is 17.1 Å². The maximum atomic E-state index is 7.89. The number of aliphatic imine (C=N–C) groups is 1. The van der Waals surface area contributed by atoms with E-state index in [-0.39, 0.29) is 17.6 Å². The van der Waals surface area contributed by atoms with Crippen LogP contribution in [0.1, 0.15) is 24.0 Å². The van der Waals surface area contributed by atoms with E-state index < -0.39 is 0 Å². The van der Waals surface area contributed by atoms with Crippen LogP contribution in [-0.2, 0) is 11.4 Å². The number of halogens is 1. The van der Waals surface area contributed by atoms with Crippen LogP contribution in [0.3, 0.4) is 0 Å². The fourth-order valence-corrected chi connectivity index (χ4v) is 5.01. The Bertz CT molecular complexity index is 1340. The summed E-state index contributed by atoms with van der Waals surface area (Å²) in [6.45, 7) is 1.23. The van der Waals surface area contributed by atoms with Gasteiger partial charge in [0.25, 0.3) is 0 Å². The average Bonchev–Trinajstić information content (AvgIpc) is 3.21. The molecule has 3 aliphatic rings. The van der Waals surface area contributed by atoms with Crippen LogP contribution in [-0.4, -0.2) is 40.6 Å². The van der Waals surface area contributed by atoms with E-state index in [1.165, 1.54) is 0 Å². The molecule has 0 aromatic heterocycles. The minimum Gasteiger partial charge on any atom is -0.489 e. The van der Waals surface area contributed by atoms with Crippen LogP contribution >= 0.6 is 11.6 Å². The highest BCUT2D eigenvalue weighted by Gasteiger charge is 2.71. The van der Waals surface area contributed by atoms with Gasteiger partial charge in [0.1, 0.15) is 17.9 Å². The van der Waals surface area contributed by atoms with E-state index in [0.29, 0.717) is 17.5 Å². The molecule has 8 heteroatoms. The van der Waals surface area contributed by atoms with Gasteiger partial charge in [0.05, 0.1) is 5.71 Å². The number of amidine groups is 1. The fraction of sp³-hybridized carbons (Fsp3) is 0.240. The molecule has 166 valence electrons. The van der Waals surface area contributed by atoms with Gasteiger partial charge in [-0.05, 0) is 59.5 Å². The van der Waals surface area contributed by atoms with Crippen LogP contribution in [0.5, 0.6) is 5.75 Å². The molecule has 2 fully saturated rings. The summed E-state index contributed by atoms with van der Waals surface area (Å²) in [6, 6.07) is 19.7. The lowest BCUT2D eigenvalue weighted by molar-refractivity contribution is 0.0962. The molecule has 3 aromatic rings. The van der Waals surface area contributed by atoms with Crippen LogP contribution in [0.4, 0.5) is 0 Å². The van der Waals surface area contributed by atoms with Crippen LogP contribution < -0.4 is 10.5 Å². The van der Waals surface area contributed by atoms with Crippen LogP contribution in [0.2, 0.25) is 5.02 Å². The molecule has 3 aromatic carbocycles. The molecular formula is C25H22ClN5O2. The van der Waals surface area contributed by atoms with Gasteiger partial charge >= 0.3 is 0 Å². The van der Waals surface area contributed by atoms with Gasteiger partial charge in [0.15, 0.2) is 17.9 Å². The SMILES string of the molecule is N=C(N)N1CCCC12C1=NC(c3ccc4cc(OCc5ccc(Cl)cc5)ccc4c3)=NOC12. The third-order valence-electron chi connectivity index (χ3n) is 6.61. The van der Waals surface area contributed by atoms with Crippen molar-refractivity contribution in [3.05, 3.63) is 76.8 Å². The third-order valence-corrected chi connectivity index (χ3v) is 6.87. The van der Waals surface area contributed by atoms with Gasteiger partial charge in [-0.2, -0.15) is 0 Å². The number of hydrogen-bond donors (Lipinski definition) is 2. The van der Waals surface area contributed by atoms with Crippen LogP contribution in [0, 0.1) is 5.41 Å². The van der Waals surface area contributed by atoms with E-state index in [9.17, 15) is 0 Å². The molecule has 7 nitrogen and oxygen atoms in total. The summed E-state index contributed by atoms with van der Waals surface area (Å²) in [5, 5.41) is 15.0. The summed E-state index contributed by atoms with van der Waals surface area (Å²) in [4.78, 5) is 12.5. The number of likely N-dealkylation sites (tertiary alicyclic amines) is 1. The molecule has 1 saturated heterocycles. The van der Waals surface area contributed by atoms with Crippen molar-refractivity contribution in [2.24, 2.45) is 15.9 Å². The molecule has 1 spiro atoms. The zero-order valence-corrected chi connectivity index (χ0v) is 18.5. The van der Waals surface area contributed by atoms with E-state index in [1.807, 2.05) is 59.5 Å². The zero-order chi connectivity index (χ0) is 22.6. The van der Waals surface area contributed by atoms with Gasteiger partial charge in [-0.25, -0.2) is 4.99 Å². The molecular weight excluding hydrogens is 438 g/mol. The van der Waals surface area contributed by atoms with Crippen LogP contribution in [0.25, 0.3) is 10.8 Å². The van der Waals surface area contributed by atoms with Crippen molar-refractivity contribution in [3.63, 3.8) is 0 Å². The minimum atomic E-state index is -0.385. The summed E-state index contributed by atoms with van der Waals surface area (Å²) in [5.41, 5.74) is 8.28. The lowest BCUT2D eigenvalue weighted by Crippen LogP contribution is -2.44. The van der Waals surface area contributed by atoms with Gasteiger partial charge in [-0.3, -0.25) is 5.41 Å². The highest BCUT2D eigenvalue weighted by atomic mass is 35.5. The van der Waals surface area contributed by atoms with Gasteiger partial charge in [-0.1, -0.05) is 47.1 Å². The number of nitrogens with two attached hydrogens (primary N) is 1. The molecule has 1 aliphatic carbocycles. The van der Waals surface area contributed by atoms with Gasteiger partial charge < -0.3 is 20.2 Å². The largest absolute Gasteiger partial charge is 0.489 e. The van der Waals surface area contributed by atoms with E-state index in [2.05, 4.69) is 11.2 Å². The summed E-state index contributed by atoms with van der Waals surface area (Å²) in [5.74, 6) is 1.42. The first-order valence-corrected chi connectivity index (χ1v) is 11.3. The second-order valence-electron chi connectivity index (χ2n) is 8.60. The second kappa shape index (κ2) is 7.49. The molecule has 6 rings (SSSR count). The Morgan fingerprint density at radius 2 is 1.94 bits per heavy atom. The van der Waals surface area contributed by atoms with Gasteiger partial charge in [0.2, 0.25) is 0 Å². The number of guanidine groups is 1. The molecule has 2 unspecified atom stereocenters. The van der Waals surface area contributed by atoms with Crippen molar-refractivity contribution < 1.29 is 9.57 Å². The first-order valence-electron chi connectivity index (χ1n) is 10.9. The predicted molar refractivity (Wildman–Crippen MR) is 129 cm³/mol.